The Morgan fingerprint density at radius 3 is 2.56 bits per heavy atom. The standard InChI is InChI=1S/C13H20ClN3O/c1-4-16-8-11(14)12(15-16)13(18)17-9(2)6-5-7-10(17)3/h8-10H,4-7H2,1-3H3/t9-,10+. The molecule has 1 aromatic rings. The molecule has 1 amide bonds. The van der Waals surface area contributed by atoms with Crippen molar-refractivity contribution in [2.75, 3.05) is 0 Å². The van der Waals surface area contributed by atoms with Gasteiger partial charge in [0.1, 0.15) is 0 Å². The third-order valence-electron chi connectivity index (χ3n) is 3.67. The van der Waals surface area contributed by atoms with E-state index in [0.717, 1.165) is 19.4 Å². The molecule has 0 aromatic carbocycles. The van der Waals surface area contributed by atoms with Crippen molar-refractivity contribution < 1.29 is 4.79 Å². The number of hydrogen-bond acceptors (Lipinski definition) is 2. The minimum atomic E-state index is -0.0353. The van der Waals surface area contributed by atoms with Crippen LogP contribution in [0.25, 0.3) is 0 Å². The second-order valence-corrected chi connectivity index (χ2v) is 5.43. The minimum absolute atomic E-state index is 0.0353. The largest absolute Gasteiger partial charge is 0.332 e. The van der Waals surface area contributed by atoms with Gasteiger partial charge in [0, 0.05) is 24.8 Å². The van der Waals surface area contributed by atoms with E-state index in [1.165, 1.54) is 6.42 Å². The molecule has 5 heteroatoms. The number of carbonyl (C=O) groups is 1. The summed E-state index contributed by atoms with van der Waals surface area (Å²) < 4.78 is 1.70. The number of likely N-dealkylation sites (tertiary alicyclic amines) is 1. The van der Waals surface area contributed by atoms with Crippen LogP contribution in [0.15, 0.2) is 6.20 Å². The Hall–Kier alpha value is -1.03. The quantitative estimate of drug-likeness (QED) is 0.828. The monoisotopic (exact) mass is 269 g/mol. The SMILES string of the molecule is CCn1cc(Cl)c(C(=O)N2[C@H](C)CCC[C@@H]2C)n1. The molecule has 0 radical (unpaired) electrons. The van der Waals surface area contributed by atoms with Crippen molar-refractivity contribution in [1.82, 2.24) is 14.7 Å². The second-order valence-electron chi connectivity index (χ2n) is 5.02. The molecule has 2 rings (SSSR count). The fraction of sp³-hybridized carbons (Fsp3) is 0.692. The van der Waals surface area contributed by atoms with Gasteiger partial charge in [-0.25, -0.2) is 0 Å². The average molecular weight is 270 g/mol. The highest BCUT2D eigenvalue weighted by atomic mass is 35.5. The number of carbonyl (C=O) groups excluding carboxylic acids is 1. The maximum absolute atomic E-state index is 12.5. The van der Waals surface area contributed by atoms with Gasteiger partial charge in [0.15, 0.2) is 5.69 Å². The van der Waals surface area contributed by atoms with Crippen LogP contribution < -0.4 is 0 Å². The Labute approximate surface area is 113 Å². The van der Waals surface area contributed by atoms with Crippen LogP contribution in [0.3, 0.4) is 0 Å². The molecule has 0 aliphatic carbocycles. The number of amides is 1. The molecule has 1 aliphatic heterocycles. The van der Waals surface area contributed by atoms with E-state index in [1.807, 2.05) is 11.8 Å². The Bertz CT molecular complexity index is 433. The Balaban J connectivity index is 2.26. The molecule has 0 N–H and O–H groups in total. The van der Waals surface area contributed by atoms with Crippen molar-refractivity contribution >= 4 is 17.5 Å². The summed E-state index contributed by atoms with van der Waals surface area (Å²) in [6.45, 7) is 6.89. The van der Waals surface area contributed by atoms with E-state index in [9.17, 15) is 4.79 Å². The van der Waals surface area contributed by atoms with Crippen molar-refractivity contribution in [3.05, 3.63) is 16.9 Å². The van der Waals surface area contributed by atoms with Crippen molar-refractivity contribution in [2.45, 2.75) is 58.7 Å². The molecule has 0 saturated carbocycles. The van der Waals surface area contributed by atoms with E-state index >= 15 is 0 Å². The van der Waals surface area contributed by atoms with E-state index in [2.05, 4.69) is 18.9 Å². The van der Waals surface area contributed by atoms with Crippen LogP contribution in [0.2, 0.25) is 5.02 Å². The zero-order chi connectivity index (χ0) is 13.3. The molecule has 1 saturated heterocycles. The van der Waals surface area contributed by atoms with E-state index < -0.39 is 0 Å². The van der Waals surface area contributed by atoms with E-state index in [1.54, 1.807) is 10.9 Å². The molecule has 1 aliphatic rings. The van der Waals surface area contributed by atoms with Gasteiger partial charge in [-0.1, -0.05) is 11.6 Å². The number of aryl methyl sites for hydroxylation is 1. The molecule has 1 aromatic heterocycles. The van der Waals surface area contributed by atoms with Crippen LogP contribution in [0.1, 0.15) is 50.5 Å². The van der Waals surface area contributed by atoms with Gasteiger partial charge in [0.05, 0.1) is 5.02 Å². The van der Waals surface area contributed by atoms with E-state index in [0.29, 0.717) is 10.7 Å². The Morgan fingerprint density at radius 2 is 2.06 bits per heavy atom. The number of hydrogen-bond donors (Lipinski definition) is 0. The van der Waals surface area contributed by atoms with Crippen molar-refractivity contribution in [1.29, 1.82) is 0 Å². The summed E-state index contributed by atoms with van der Waals surface area (Å²) in [7, 11) is 0. The van der Waals surface area contributed by atoms with Gasteiger partial charge >= 0.3 is 0 Å². The fourth-order valence-electron chi connectivity index (χ4n) is 2.65. The lowest BCUT2D eigenvalue weighted by molar-refractivity contribution is 0.0504. The van der Waals surface area contributed by atoms with Gasteiger partial charge in [0.25, 0.3) is 5.91 Å². The predicted octanol–water partition coefficient (Wildman–Crippen LogP) is 2.96. The number of aromatic nitrogens is 2. The second kappa shape index (κ2) is 5.31. The fourth-order valence-corrected chi connectivity index (χ4v) is 2.88. The molecular formula is C13H20ClN3O. The minimum Gasteiger partial charge on any atom is -0.332 e. The summed E-state index contributed by atoms with van der Waals surface area (Å²) in [6.07, 6.45) is 5.02. The van der Waals surface area contributed by atoms with Crippen LogP contribution in [0, 0.1) is 0 Å². The smallest absolute Gasteiger partial charge is 0.276 e. The molecule has 0 unspecified atom stereocenters. The first-order valence-corrected chi connectivity index (χ1v) is 6.98. The molecule has 0 spiro atoms. The maximum atomic E-state index is 12.5. The maximum Gasteiger partial charge on any atom is 0.276 e. The first kappa shape index (κ1) is 13.4. The Morgan fingerprint density at radius 1 is 1.44 bits per heavy atom. The first-order chi connectivity index (χ1) is 8.54. The van der Waals surface area contributed by atoms with Gasteiger partial charge in [-0.3, -0.25) is 9.48 Å². The van der Waals surface area contributed by atoms with Crippen LogP contribution in [-0.4, -0.2) is 32.7 Å². The third kappa shape index (κ3) is 2.39. The van der Waals surface area contributed by atoms with Gasteiger partial charge in [-0.2, -0.15) is 5.10 Å². The predicted molar refractivity (Wildman–Crippen MR) is 71.9 cm³/mol. The van der Waals surface area contributed by atoms with E-state index in [4.69, 9.17) is 11.6 Å². The molecule has 4 nitrogen and oxygen atoms in total. The number of piperidine rings is 1. The molecule has 2 atom stereocenters. The van der Waals surface area contributed by atoms with Crippen molar-refractivity contribution in [2.24, 2.45) is 0 Å². The van der Waals surface area contributed by atoms with E-state index in [-0.39, 0.29) is 18.0 Å². The van der Waals surface area contributed by atoms with Crippen LogP contribution in [0.4, 0.5) is 0 Å². The van der Waals surface area contributed by atoms with Crippen molar-refractivity contribution in [3.8, 4) is 0 Å². The van der Waals surface area contributed by atoms with Gasteiger partial charge in [0.2, 0.25) is 0 Å². The van der Waals surface area contributed by atoms with Crippen LogP contribution >= 0.6 is 11.6 Å². The number of rotatable bonds is 2. The molecule has 0 bridgehead atoms. The topological polar surface area (TPSA) is 38.1 Å². The lowest BCUT2D eigenvalue weighted by atomic mass is 9.97. The number of halogens is 1. The van der Waals surface area contributed by atoms with Gasteiger partial charge in [-0.15, -0.1) is 0 Å². The zero-order valence-corrected chi connectivity index (χ0v) is 11.9. The normalized spacial score (nSPS) is 24.3. The summed E-state index contributed by atoms with van der Waals surface area (Å²) in [5, 5.41) is 4.72. The Kier molecular flexibility index (Phi) is 3.95. The highest BCUT2D eigenvalue weighted by Crippen LogP contribution is 2.26. The third-order valence-corrected chi connectivity index (χ3v) is 3.95. The summed E-state index contributed by atoms with van der Waals surface area (Å²) in [5.74, 6) is -0.0353. The summed E-state index contributed by atoms with van der Waals surface area (Å²) in [6, 6.07) is 0.535. The lowest BCUT2D eigenvalue weighted by Gasteiger charge is -2.38. The lowest BCUT2D eigenvalue weighted by Crippen LogP contribution is -2.47. The highest BCUT2D eigenvalue weighted by Gasteiger charge is 2.32. The van der Waals surface area contributed by atoms with Crippen molar-refractivity contribution in [3.63, 3.8) is 0 Å². The molecule has 100 valence electrons. The zero-order valence-electron chi connectivity index (χ0n) is 11.2. The molecule has 18 heavy (non-hydrogen) atoms. The summed E-state index contributed by atoms with van der Waals surface area (Å²) in [5.41, 5.74) is 0.388. The van der Waals surface area contributed by atoms with Crippen LogP contribution in [-0.2, 0) is 6.54 Å². The molecule has 1 fully saturated rings. The number of nitrogens with zero attached hydrogens (tertiary/aromatic N) is 3. The average Bonchev–Trinajstić information content (AvgIpc) is 2.70. The summed E-state index contributed by atoms with van der Waals surface area (Å²) in [4.78, 5) is 14.5. The first-order valence-electron chi connectivity index (χ1n) is 6.60. The molecule has 2 heterocycles. The van der Waals surface area contributed by atoms with Gasteiger partial charge < -0.3 is 4.90 Å². The summed E-state index contributed by atoms with van der Waals surface area (Å²) >= 11 is 6.10. The molecular weight excluding hydrogens is 250 g/mol. The highest BCUT2D eigenvalue weighted by molar-refractivity contribution is 6.33. The van der Waals surface area contributed by atoms with Crippen LogP contribution in [0.5, 0.6) is 0 Å². The van der Waals surface area contributed by atoms with Gasteiger partial charge in [-0.05, 0) is 40.0 Å².